The summed E-state index contributed by atoms with van der Waals surface area (Å²) in [7, 11) is -2.11. The maximum atomic E-state index is 12.9. The number of nitrogens with zero attached hydrogens (tertiary/aromatic N) is 3. The van der Waals surface area contributed by atoms with Crippen LogP contribution in [0.4, 0.5) is 5.82 Å². The van der Waals surface area contributed by atoms with E-state index in [2.05, 4.69) is 51.6 Å². The summed E-state index contributed by atoms with van der Waals surface area (Å²) in [5.74, 6) is -1.18. The molecular formula is C41H52N4O5Si. The summed E-state index contributed by atoms with van der Waals surface area (Å²) in [5.41, 5.74) is 5.58. The second-order valence-electron chi connectivity index (χ2n) is 14.5. The fourth-order valence-electron chi connectivity index (χ4n) is 7.85. The standard InChI is InChI=1S/C41H52N4O5Si/c1-29(2)51(30(3)4,31(5)6)44-40-35-22-23-37(45(35)43-28-42-40)41(46)39(49-26-34-20-14-9-15-21-34)38(48-25-33-18-12-8-13-19-33)36(50-41)27-47-24-32-16-10-7-11-17-32/h7-23,28-31,36,38-39,46H,24-27H2,1-6H3,(H,42,43,44)/t36-,38-,39-,41?/m1/s1. The molecule has 1 fully saturated rings. The van der Waals surface area contributed by atoms with Gasteiger partial charge in [0, 0.05) is 0 Å². The number of anilines is 1. The van der Waals surface area contributed by atoms with Gasteiger partial charge in [-0.3, -0.25) is 0 Å². The van der Waals surface area contributed by atoms with Crippen LogP contribution in [0.2, 0.25) is 16.6 Å². The SMILES string of the molecule is CC(C)[Si](Nc1ncnn2c(C3(O)O[C@H](COCc4ccccc4)[C@@H](OCc4ccccc4)[C@H]3OCc3ccccc3)ccc12)(C(C)C)C(C)C. The Morgan fingerprint density at radius 2 is 1.27 bits per heavy atom. The summed E-state index contributed by atoms with van der Waals surface area (Å²) in [4.78, 5) is 8.73. The molecular weight excluding hydrogens is 657 g/mol. The Balaban J connectivity index is 1.38. The van der Waals surface area contributed by atoms with Gasteiger partial charge in [-0.1, -0.05) is 133 Å². The van der Waals surface area contributed by atoms with Crippen LogP contribution in [-0.2, 0) is 44.6 Å². The van der Waals surface area contributed by atoms with E-state index >= 15 is 0 Å². The minimum atomic E-state index is -2.11. The molecule has 0 amide bonds. The highest BCUT2D eigenvalue weighted by Crippen LogP contribution is 2.45. The lowest BCUT2D eigenvalue weighted by atomic mass is 10.0. The molecule has 5 aromatic rings. The molecule has 2 aromatic heterocycles. The molecule has 0 aliphatic carbocycles. The smallest absolute Gasteiger partial charge is 0.240 e. The summed E-state index contributed by atoms with van der Waals surface area (Å²) >= 11 is 0. The average molecular weight is 709 g/mol. The zero-order valence-electron chi connectivity index (χ0n) is 30.6. The summed E-state index contributed by atoms with van der Waals surface area (Å²) < 4.78 is 27.9. The molecule has 1 unspecified atom stereocenters. The third-order valence-corrected chi connectivity index (χ3v) is 16.8. The highest BCUT2D eigenvalue weighted by Gasteiger charge is 2.59. The molecule has 4 atom stereocenters. The van der Waals surface area contributed by atoms with Crippen LogP contribution in [-0.4, -0.2) is 52.9 Å². The van der Waals surface area contributed by atoms with Gasteiger partial charge >= 0.3 is 0 Å². The Hall–Kier alpha value is -3.90. The molecule has 3 aromatic carbocycles. The third-order valence-electron chi connectivity index (χ3n) is 10.4. The van der Waals surface area contributed by atoms with Crippen molar-refractivity contribution < 1.29 is 24.1 Å². The summed E-state index contributed by atoms with van der Waals surface area (Å²) in [6.45, 7) is 15.0. The van der Waals surface area contributed by atoms with E-state index in [4.69, 9.17) is 23.9 Å². The van der Waals surface area contributed by atoms with Gasteiger partial charge in [0.15, 0.2) is 8.24 Å². The minimum absolute atomic E-state index is 0.179. The van der Waals surface area contributed by atoms with E-state index in [9.17, 15) is 5.11 Å². The number of aliphatic hydroxyl groups is 1. The minimum Gasteiger partial charge on any atom is -0.393 e. The van der Waals surface area contributed by atoms with Crippen LogP contribution in [0, 0.1) is 0 Å². The first-order valence-corrected chi connectivity index (χ1v) is 20.3. The van der Waals surface area contributed by atoms with Crippen molar-refractivity contribution in [3.8, 4) is 0 Å². The zero-order chi connectivity index (χ0) is 36.0. The topological polar surface area (TPSA) is 99.4 Å². The molecule has 0 spiro atoms. The second kappa shape index (κ2) is 16.2. The van der Waals surface area contributed by atoms with Crippen LogP contribution in [0.1, 0.15) is 63.9 Å². The molecule has 10 heteroatoms. The van der Waals surface area contributed by atoms with Crippen molar-refractivity contribution in [3.05, 3.63) is 132 Å². The van der Waals surface area contributed by atoms with Crippen LogP contribution in [0.15, 0.2) is 109 Å². The molecule has 0 bridgehead atoms. The van der Waals surface area contributed by atoms with Gasteiger partial charge in [-0.2, -0.15) is 5.10 Å². The molecule has 0 radical (unpaired) electrons. The maximum absolute atomic E-state index is 12.9. The Morgan fingerprint density at radius 3 is 1.82 bits per heavy atom. The van der Waals surface area contributed by atoms with Gasteiger partial charge in [-0.05, 0) is 45.4 Å². The van der Waals surface area contributed by atoms with E-state index in [1.54, 1.807) is 10.8 Å². The Bertz CT molecular complexity index is 1800. The highest BCUT2D eigenvalue weighted by atomic mass is 28.3. The number of nitrogens with one attached hydrogen (secondary N) is 1. The molecule has 2 N–H and O–H groups in total. The van der Waals surface area contributed by atoms with Crippen molar-refractivity contribution in [3.63, 3.8) is 0 Å². The van der Waals surface area contributed by atoms with Crippen LogP contribution in [0.3, 0.4) is 0 Å². The Morgan fingerprint density at radius 1 is 0.745 bits per heavy atom. The molecule has 270 valence electrons. The first-order valence-electron chi connectivity index (χ1n) is 18.1. The maximum Gasteiger partial charge on any atom is 0.240 e. The number of hydrogen-bond donors (Lipinski definition) is 2. The molecule has 1 aliphatic heterocycles. The van der Waals surface area contributed by atoms with E-state index in [0.29, 0.717) is 35.5 Å². The van der Waals surface area contributed by atoms with Crippen molar-refractivity contribution in [1.82, 2.24) is 14.6 Å². The lowest BCUT2D eigenvalue weighted by molar-refractivity contribution is -0.255. The average Bonchev–Trinajstić information content (AvgIpc) is 3.69. The quantitative estimate of drug-likeness (QED) is 0.0990. The van der Waals surface area contributed by atoms with E-state index < -0.39 is 32.3 Å². The number of hydrogen-bond acceptors (Lipinski definition) is 8. The zero-order valence-corrected chi connectivity index (χ0v) is 31.6. The Labute approximate surface area is 303 Å². The first-order chi connectivity index (χ1) is 24.6. The second-order valence-corrected chi connectivity index (χ2v) is 20.1. The van der Waals surface area contributed by atoms with Gasteiger partial charge in [-0.25, -0.2) is 9.50 Å². The van der Waals surface area contributed by atoms with E-state index in [1.165, 1.54) is 0 Å². The number of rotatable bonds is 16. The number of aromatic nitrogens is 3. The lowest BCUT2D eigenvalue weighted by Crippen LogP contribution is -2.52. The lowest BCUT2D eigenvalue weighted by Gasteiger charge is -2.43. The van der Waals surface area contributed by atoms with Gasteiger partial charge < -0.3 is 29.0 Å². The predicted molar refractivity (Wildman–Crippen MR) is 203 cm³/mol. The number of ether oxygens (including phenoxy) is 4. The van der Waals surface area contributed by atoms with E-state index in [1.807, 2.05) is 103 Å². The van der Waals surface area contributed by atoms with E-state index in [-0.39, 0.29) is 13.2 Å². The fraction of sp³-hybridized carbons (Fsp3) is 0.415. The predicted octanol–water partition coefficient (Wildman–Crippen LogP) is 8.25. The van der Waals surface area contributed by atoms with Crippen molar-refractivity contribution in [1.29, 1.82) is 0 Å². The highest BCUT2D eigenvalue weighted by molar-refractivity contribution is 6.86. The first kappa shape index (κ1) is 36.9. The van der Waals surface area contributed by atoms with Crippen molar-refractivity contribution >= 4 is 19.6 Å². The van der Waals surface area contributed by atoms with Gasteiger partial charge in [0.05, 0.1) is 26.4 Å². The molecule has 51 heavy (non-hydrogen) atoms. The van der Waals surface area contributed by atoms with Gasteiger partial charge in [0.1, 0.15) is 41.7 Å². The molecule has 6 rings (SSSR count). The van der Waals surface area contributed by atoms with Crippen molar-refractivity contribution in [2.24, 2.45) is 0 Å². The van der Waals surface area contributed by atoms with Crippen LogP contribution >= 0.6 is 0 Å². The number of benzene rings is 3. The fourth-order valence-corrected chi connectivity index (χ4v) is 13.3. The molecule has 9 nitrogen and oxygen atoms in total. The summed E-state index contributed by atoms with van der Waals surface area (Å²) in [5, 5.41) is 17.5. The summed E-state index contributed by atoms with van der Waals surface area (Å²) in [6.07, 6.45) is -0.716. The van der Waals surface area contributed by atoms with Gasteiger partial charge in [0.25, 0.3) is 0 Å². The molecule has 1 aliphatic rings. The summed E-state index contributed by atoms with van der Waals surface area (Å²) in [6, 6.07) is 33.7. The molecule has 1 saturated heterocycles. The molecule has 3 heterocycles. The van der Waals surface area contributed by atoms with Crippen molar-refractivity contribution in [2.75, 3.05) is 11.6 Å². The van der Waals surface area contributed by atoms with Crippen LogP contribution < -0.4 is 4.98 Å². The van der Waals surface area contributed by atoms with Gasteiger partial charge in [-0.15, -0.1) is 0 Å². The van der Waals surface area contributed by atoms with E-state index in [0.717, 1.165) is 28.0 Å². The third kappa shape index (κ3) is 7.82. The van der Waals surface area contributed by atoms with Crippen molar-refractivity contribution in [2.45, 2.75) is 102 Å². The normalized spacial score (nSPS) is 20.9. The largest absolute Gasteiger partial charge is 0.393 e. The Kier molecular flexibility index (Phi) is 11.7. The van der Waals surface area contributed by atoms with Crippen LogP contribution in [0.5, 0.6) is 0 Å². The monoisotopic (exact) mass is 708 g/mol. The molecule has 0 saturated carbocycles. The van der Waals surface area contributed by atoms with Crippen LogP contribution in [0.25, 0.3) is 5.52 Å². The van der Waals surface area contributed by atoms with Gasteiger partial charge in [0.2, 0.25) is 5.79 Å². The number of fused-ring (bicyclic) bond motifs is 1.